The minimum Gasteiger partial charge on any atom is -0.426 e. The number of carbonyl (C=O) groups excluding carboxylic acids is 2. The molecule has 4 heteroatoms. The molecule has 4 aromatic carbocycles. The lowest BCUT2D eigenvalue weighted by Crippen LogP contribution is -2.10. The van der Waals surface area contributed by atoms with Crippen LogP contribution >= 0.6 is 0 Å². The monoisotopic (exact) mass is 398 g/mol. The lowest BCUT2D eigenvalue weighted by atomic mass is 10.1. The van der Waals surface area contributed by atoms with Crippen molar-refractivity contribution < 1.29 is 19.1 Å². The first-order valence-electron chi connectivity index (χ1n) is 10.1. The van der Waals surface area contributed by atoms with Crippen molar-refractivity contribution >= 4 is 33.5 Å². The summed E-state index contributed by atoms with van der Waals surface area (Å²) in [5, 5.41) is 3.87. The van der Waals surface area contributed by atoms with E-state index in [0.29, 0.717) is 24.3 Å². The van der Waals surface area contributed by atoms with Gasteiger partial charge in [-0.15, -0.1) is 0 Å². The molecule has 0 aliphatic carbocycles. The largest absolute Gasteiger partial charge is 0.426 e. The van der Waals surface area contributed by atoms with Crippen LogP contribution in [0.1, 0.15) is 25.7 Å². The summed E-state index contributed by atoms with van der Waals surface area (Å²) in [6.07, 6.45) is 1.64. The minimum absolute atomic E-state index is 0.255. The van der Waals surface area contributed by atoms with E-state index in [1.807, 2.05) is 72.8 Å². The Balaban J connectivity index is 1.25. The fourth-order valence-corrected chi connectivity index (χ4v) is 3.46. The molecule has 0 bridgehead atoms. The van der Waals surface area contributed by atoms with Crippen LogP contribution in [0.4, 0.5) is 0 Å². The Labute approximate surface area is 175 Å². The van der Waals surface area contributed by atoms with Crippen molar-refractivity contribution in [3.05, 3.63) is 84.9 Å². The standard InChI is InChI=1S/C26H22O4/c27-25(29-23-15-7-11-19-9-1-3-13-21(19)23)17-5-6-18-26(28)30-24-16-8-12-20-10-2-4-14-22(20)24/h1-4,7-16H,5-6,17-18H2. The van der Waals surface area contributed by atoms with Gasteiger partial charge in [-0.2, -0.15) is 0 Å². The maximum Gasteiger partial charge on any atom is 0.311 e. The van der Waals surface area contributed by atoms with Crippen molar-refractivity contribution in [1.82, 2.24) is 0 Å². The molecule has 4 aromatic rings. The summed E-state index contributed by atoms with van der Waals surface area (Å²) in [6, 6.07) is 26.8. The quantitative estimate of drug-likeness (QED) is 0.216. The highest BCUT2D eigenvalue weighted by Gasteiger charge is 2.11. The maximum absolute atomic E-state index is 12.2. The van der Waals surface area contributed by atoms with E-state index >= 15 is 0 Å². The van der Waals surface area contributed by atoms with Crippen molar-refractivity contribution in [3.8, 4) is 11.5 Å². The molecule has 0 spiro atoms. The van der Waals surface area contributed by atoms with Gasteiger partial charge in [-0.1, -0.05) is 72.8 Å². The Hall–Kier alpha value is -3.66. The van der Waals surface area contributed by atoms with Crippen LogP contribution in [-0.2, 0) is 9.59 Å². The van der Waals surface area contributed by atoms with Gasteiger partial charge in [-0.25, -0.2) is 0 Å². The zero-order valence-corrected chi connectivity index (χ0v) is 16.5. The van der Waals surface area contributed by atoms with E-state index in [9.17, 15) is 9.59 Å². The highest BCUT2D eigenvalue weighted by Crippen LogP contribution is 2.27. The summed E-state index contributed by atoms with van der Waals surface area (Å²) in [4.78, 5) is 24.4. The van der Waals surface area contributed by atoms with Gasteiger partial charge in [0.1, 0.15) is 11.5 Å². The molecule has 0 saturated heterocycles. The van der Waals surface area contributed by atoms with Crippen molar-refractivity contribution in [2.45, 2.75) is 25.7 Å². The molecule has 0 heterocycles. The van der Waals surface area contributed by atoms with Gasteiger partial charge in [0.15, 0.2) is 0 Å². The lowest BCUT2D eigenvalue weighted by Gasteiger charge is -2.08. The zero-order chi connectivity index (χ0) is 20.8. The third kappa shape index (κ3) is 4.66. The molecule has 0 unspecified atom stereocenters. The number of rotatable bonds is 7. The number of hydrogen-bond donors (Lipinski definition) is 0. The molecule has 0 atom stereocenters. The van der Waals surface area contributed by atoms with Crippen LogP contribution < -0.4 is 9.47 Å². The van der Waals surface area contributed by atoms with Crippen molar-refractivity contribution in [3.63, 3.8) is 0 Å². The highest BCUT2D eigenvalue weighted by molar-refractivity contribution is 5.91. The third-order valence-electron chi connectivity index (χ3n) is 4.96. The Morgan fingerprint density at radius 2 is 0.933 bits per heavy atom. The number of unbranched alkanes of at least 4 members (excludes halogenated alkanes) is 1. The molecule has 0 saturated carbocycles. The van der Waals surface area contributed by atoms with E-state index in [1.165, 1.54) is 0 Å². The number of fused-ring (bicyclic) bond motifs is 2. The van der Waals surface area contributed by atoms with Crippen LogP contribution in [0.25, 0.3) is 21.5 Å². The Kier molecular flexibility index (Phi) is 6.04. The van der Waals surface area contributed by atoms with E-state index in [2.05, 4.69) is 0 Å². The zero-order valence-electron chi connectivity index (χ0n) is 16.5. The van der Waals surface area contributed by atoms with Crippen LogP contribution in [0.15, 0.2) is 84.9 Å². The van der Waals surface area contributed by atoms with Gasteiger partial charge in [0.25, 0.3) is 0 Å². The molecule has 0 radical (unpaired) electrons. The summed E-state index contributed by atoms with van der Waals surface area (Å²) in [5.74, 6) is 0.532. The smallest absolute Gasteiger partial charge is 0.311 e. The molecule has 30 heavy (non-hydrogen) atoms. The van der Waals surface area contributed by atoms with Gasteiger partial charge in [-0.3, -0.25) is 9.59 Å². The fraction of sp³-hybridized carbons (Fsp3) is 0.154. The molecule has 0 amide bonds. The number of hydrogen-bond acceptors (Lipinski definition) is 4. The second-order valence-corrected chi connectivity index (χ2v) is 7.11. The Bertz CT molecular complexity index is 1090. The van der Waals surface area contributed by atoms with E-state index in [1.54, 1.807) is 12.1 Å². The van der Waals surface area contributed by atoms with Crippen LogP contribution in [0.2, 0.25) is 0 Å². The predicted molar refractivity (Wildman–Crippen MR) is 118 cm³/mol. The topological polar surface area (TPSA) is 52.6 Å². The number of carbonyl (C=O) groups is 2. The van der Waals surface area contributed by atoms with Crippen LogP contribution in [-0.4, -0.2) is 11.9 Å². The van der Waals surface area contributed by atoms with Crippen molar-refractivity contribution in [2.24, 2.45) is 0 Å². The first kappa shape index (κ1) is 19.6. The van der Waals surface area contributed by atoms with Crippen LogP contribution in [0, 0.1) is 0 Å². The predicted octanol–water partition coefficient (Wildman–Crippen LogP) is 6.06. The van der Waals surface area contributed by atoms with E-state index in [0.717, 1.165) is 21.5 Å². The van der Waals surface area contributed by atoms with E-state index < -0.39 is 0 Å². The maximum atomic E-state index is 12.2. The molecule has 0 N–H and O–H groups in total. The van der Waals surface area contributed by atoms with Gasteiger partial charge in [0.2, 0.25) is 0 Å². The van der Waals surface area contributed by atoms with E-state index in [-0.39, 0.29) is 24.8 Å². The molecule has 0 fully saturated rings. The molecule has 4 rings (SSSR count). The summed E-state index contributed by atoms with van der Waals surface area (Å²) in [6.45, 7) is 0. The Morgan fingerprint density at radius 3 is 1.40 bits per heavy atom. The van der Waals surface area contributed by atoms with Gasteiger partial charge >= 0.3 is 11.9 Å². The van der Waals surface area contributed by atoms with Gasteiger partial charge in [-0.05, 0) is 35.7 Å². The summed E-state index contributed by atoms with van der Waals surface area (Å²) < 4.78 is 11.0. The first-order chi connectivity index (χ1) is 14.7. The number of benzene rings is 4. The third-order valence-corrected chi connectivity index (χ3v) is 4.96. The molecule has 0 aliphatic heterocycles. The minimum atomic E-state index is -0.297. The second-order valence-electron chi connectivity index (χ2n) is 7.11. The van der Waals surface area contributed by atoms with Crippen LogP contribution in [0.5, 0.6) is 11.5 Å². The molecule has 150 valence electrons. The lowest BCUT2D eigenvalue weighted by molar-refractivity contribution is -0.136. The van der Waals surface area contributed by atoms with Crippen molar-refractivity contribution in [1.29, 1.82) is 0 Å². The number of ether oxygens (including phenoxy) is 2. The first-order valence-corrected chi connectivity index (χ1v) is 10.1. The summed E-state index contributed by atoms with van der Waals surface area (Å²) in [5.41, 5.74) is 0. The number of esters is 2. The molecular formula is C26H22O4. The summed E-state index contributed by atoms with van der Waals surface area (Å²) >= 11 is 0. The molecule has 0 aromatic heterocycles. The average Bonchev–Trinajstić information content (AvgIpc) is 2.77. The van der Waals surface area contributed by atoms with Gasteiger partial charge < -0.3 is 9.47 Å². The summed E-state index contributed by atoms with van der Waals surface area (Å²) in [7, 11) is 0. The Morgan fingerprint density at radius 1 is 0.533 bits per heavy atom. The molecule has 4 nitrogen and oxygen atoms in total. The van der Waals surface area contributed by atoms with Gasteiger partial charge in [0, 0.05) is 23.6 Å². The van der Waals surface area contributed by atoms with E-state index in [4.69, 9.17) is 9.47 Å². The van der Waals surface area contributed by atoms with Crippen molar-refractivity contribution in [2.75, 3.05) is 0 Å². The normalized spacial score (nSPS) is 10.8. The van der Waals surface area contributed by atoms with Gasteiger partial charge in [0.05, 0.1) is 0 Å². The highest BCUT2D eigenvalue weighted by atomic mass is 16.5. The van der Waals surface area contributed by atoms with Crippen LogP contribution in [0.3, 0.4) is 0 Å². The fourth-order valence-electron chi connectivity index (χ4n) is 3.46. The average molecular weight is 398 g/mol. The molecular weight excluding hydrogens is 376 g/mol. The SMILES string of the molecule is O=C(CCCCC(=O)Oc1cccc2ccccc12)Oc1cccc2ccccc12. The second kappa shape index (κ2) is 9.23. The molecule has 0 aliphatic rings.